The van der Waals surface area contributed by atoms with Crippen molar-refractivity contribution in [2.45, 2.75) is 6.42 Å². The lowest BCUT2D eigenvalue weighted by Crippen LogP contribution is -2.40. The highest BCUT2D eigenvalue weighted by atomic mass is 32.3. The third-order valence-electron chi connectivity index (χ3n) is 3.08. The van der Waals surface area contributed by atoms with Crippen molar-refractivity contribution >= 4 is 38.9 Å². The van der Waals surface area contributed by atoms with Crippen LogP contribution in [-0.2, 0) is 21.4 Å². The van der Waals surface area contributed by atoms with Gasteiger partial charge >= 0.3 is 16.3 Å². The number of carboxylic acid groups (broad SMARTS) is 1. The summed E-state index contributed by atoms with van der Waals surface area (Å²) in [6.07, 6.45) is -1.59. The van der Waals surface area contributed by atoms with E-state index in [0.717, 1.165) is 4.31 Å². The lowest BCUT2D eigenvalue weighted by Gasteiger charge is -2.36. The first-order valence-electron chi connectivity index (χ1n) is 6.69. The zero-order chi connectivity index (χ0) is 18.8. The molecule has 12 nitrogen and oxygen atoms in total. The summed E-state index contributed by atoms with van der Waals surface area (Å²) in [5.74, 6) is -0.940. The number of carbonyl (C=O) groups is 2. The number of nitrogens with zero attached hydrogens (tertiary/aromatic N) is 1. The predicted molar refractivity (Wildman–Crippen MR) is 88.2 cm³/mol. The van der Waals surface area contributed by atoms with Crippen LogP contribution in [0.2, 0.25) is 0 Å². The predicted octanol–water partition coefficient (Wildman–Crippen LogP) is -0.446. The second kappa shape index (κ2) is 6.93. The van der Waals surface area contributed by atoms with E-state index >= 15 is 0 Å². The minimum atomic E-state index is -4.18. The number of amides is 2. The van der Waals surface area contributed by atoms with Crippen molar-refractivity contribution in [2.75, 3.05) is 17.4 Å². The fourth-order valence-corrected chi connectivity index (χ4v) is 3.98. The van der Waals surface area contributed by atoms with E-state index in [-0.39, 0.29) is 30.9 Å². The van der Waals surface area contributed by atoms with Crippen LogP contribution < -0.4 is 18.5 Å². The highest BCUT2D eigenvalue weighted by Crippen LogP contribution is 2.48. The van der Waals surface area contributed by atoms with Gasteiger partial charge in [0.05, 0.1) is 0 Å². The molecule has 25 heavy (non-hydrogen) atoms. The molecule has 0 spiro atoms. The van der Waals surface area contributed by atoms with Gasteiger partial charge in [0, 0.05) is 6.54 Å². The van der Waals surface area contributed by atoms with Crippen molar-refractivity contribution in [3.05, 3.63) is 23.8 Å². The molecule has 140 valence electrons. The Morgan fingerprint density at radius 1 is 1.36 bits per heavy atom. The average molecular weight is 396 g/mol. The number of hydrogen-bond acceptors (Lipinski definition) is 8. The molecule has 0 saturated carbocycles. The van der Waals surface area contributed by atoms with E-state index in [4.69, 9.17) is 5.11 Å². The van der Waals surface area contributed by atoms with Crippen LogP contribution in [0.15, 0.2) is 18.2 Å². The van der Waals surface area contributed by atoms with Gasteiger partial charge < -0.3 is 10.2 Å². The maximum atomic E-state index is 11.3. The summed E-state index contributed by atoms with van der Waals surface area (Å²) in [7, 11) is -7.74. The van der Waals surface area contributed by atoms with Gasteiger partial charge in [0.2, 0.25) is 0 Å². The quantitative estimate of drug-likeness (QED) is 0.334. The van der Waals surface area contributed by atoms with Crippen LogP contribution >= 0.6 is 11.0 Å². The number of benzene rings is 1. The Balaban J connectivity index is 2.03. The molecule has 1 aliphatic heterocycles. The molecule has 1 heterocycles. The molecule has 14 heteroatoms. The van der Waals surface area contributed by atoms with Gasteiger partial charge in [-0.1, -0.05) is 6.07 Å². The van der Waals surface area contributed by atoms with Crippen LogP contribution in [0.3, 0.4) is 0 Å². The average Bonchev–Trinajstić information content (AvgIpc) is 2.70. The number of carbonyl (C=O) groups excluding carboxylic acids is 1. The molecule has 0 aromatic heterocycles. The van der Waals surface area contributed by atoms with Gasteiger partial charge in [-0.25, -0.2) is 18.5 Å². The Labute approximate surface area is 144 Å². The standard InChI is InChI=1S/C11H16N4O8S2/c16-9-5-7(3-4-12-24(20,21)14-11(18)19)1-2-8(9)15-6-10(17)13-25(15,22)23/h1-2,5,12,14,16,22-23H,3-4,6H2,(H,13,17)(H,18,19). The highest BCUT2D eigenvalue weighted by molar-refractivity contribution is 8.24. The van der Waals surface area contributed by atoms with Gasteiger partial charge in [0.25, 0.3) is 5.91 Å². The number of aromatic hydroxyl groups is 1. The summed E-state index contributed by atoms with van der Waals surface area (Å²) in [6.45, 7) is -0.476. The number of nitrogens with one attached hydrogen (secondary N) is 3. The normalized spacial score (nSPS) is 17.8. The SMILES string of the molecule is O=C(O)NS(=O)(=O)NCCc1ccc(N2CC(=O)NS2(O)O)c(O)c1. The first kappa shape index (κ1) is 19.1. The van der Waals surface area contributed by atoms with Crippen molar-refractivity contribution in [2.24, 2.45) is 0 Å². The van der Waals surface area contributed by atoms with Gasteiger partial charge in [-0.05, 0) is 35.1 Å². The number of phenols is 1. The molecule has 0 aliphatic carbocycles. The van der Waals surface area contributed by atoms with Crippen LogP contribution in [0.1, 0.15) is 5.56 Å². The Morgan fingerprint density at radius 3 is 2.56 bits per heavy atom. The Bertz CT molecular complexity index is 797. The first-order valence-corrected chi connectivity index (χ1v) is 9.67. The van der Waals surface area contributed by atoms with Gasteiger partial charge in [-0.3, -0.25) is 13.9 Å². The van der Waals surface area contributed by atoms with Crippen LogP contribution in [0.25, 0.3) is 0 Å². The van der Waals surface area contributed by atoms with Crippen LogP contribution in [0, 0.1) is 0 Å². The van der Waals surface area contributed by atoms with Gasteiger partial charge in [-0.2, -0.15) is 13.1 Å². The minimum Gasteiger partial charge on any atom is -0.506 e. The van der Waals surface area contributed by atoms with Gasteiger partial charge in [-0.15, -0.1) is 0 Å². The molecule has 2 rings (SSSR count). The third-order valence-corrected chi connectivity index (χ3v) is 5.55. The summed E-state index contributed by atoms with van der Waals surface area (Å²) in [4.78, 5) is 21.6. The molecule has 1 aliphatic rings. The summed E-state index contributed by atoms with van der Waals surface area (Å²) in [6, 6.07) is 4.11. The maximum Gasteiger partial charge on any atom is 0.419 e. The zero-order valence-electron chi connectivity index (χ0n) is 12.5. The van der Waals surface area contributed by atoms with Crippen molar-refractivity contribution in [1.82, 2.24) is 14.2 Å². The van der Waals surface area contributed by atoms with Crippen molar-refractivity contribution in [3.63, 3.8) is 0 Å². The summed E-state index contributed by atoms with van der Waals surface area (Å²) >= 11 is 0. The van der Waals surface area contributed by atoms with E-state index in [1.165, 1.54) is 22.9 Å². The van der Waals surface area contributed by atoms with E-state index in [1.54, 1.807) is 0 Å². The minimum absolute atomic E-state index is 0.0234. The number of phenolic OH excluding ortho intramolecular Hbond substituents is 1. The third kappa shape index (κ3) is 4.86. The van der Waals surface area contributed by atoms with Gasteiger partial charge in [0.15, 0.2) is 0 Å². The molecule has 1 aromatic rings. The van der Waals surface area contributed by atoms with Crippen molar-refractivity contribution < 1.29 is 37.3 Å². The van der Waals surface area contributed by atoms with E-state index in [1.807, 2.05) is 9.44 Å². The number of anilines is 1. The topological polar surface area (TPSA) is 189 Å². The lowest BCUT2D eigenvalue weighted by atomic mass is 10.1. The fraction of sp³-hybridized carbons (Fsp3) is 0.273. The Kier molecular flexibility index (Phi) is 5.28. The molecule has 0 radical (unpaired) electrons. The summed E-state index contributed by atoms with van der Waals surface area (Å²) < 4.78 is 48.3. The van der Waals surface area contributed by atoms with Crippen LogP contribution in [0.4, 0.5) is 10.5 Å². The molecule has 2 amide bonds. The molecule has 1 fully saturated rings. The van der Waals surface area contributed by atoms with Crippen LogP contribution in [0.5, 0.6) is 5.75 Å². The number of rotatable bonds is 6. The van der Waals surface area contributed by atoms with Crippen LogP contribution in [-0.4, -0.2) is 52.8 Å². The molecule has 1 saturated heterocycles. The largest absolute Gasteiger partial charge is 0.506 e. The first-order chi connectivity index (χ1) is 11.5. The second-order valence-electron chi connectivity index (χ2n) is 4.96. The van der Waals surface area contributed by atoms with E-state index in [9.17, 15) is 32.2 Å². The molecular weight excluding hydrogens is 380 g/mol. The molecule has 0 unspecified atom stereocenters. The molecule has 7 N–H and O–H groups in total. The smallest absolute Gasteiger partial charge is 0.419 e. The fourth-order valence-electron chi connectivity index (χ4n) is 2.10. The Hall–Kier alpha value is -2.26. The summed E-state index contributed by atoms with van der Waals surface area (Å²) in [5, 5.41) is 18.4. The molecule has 0 bridgehead atoms. The summed E-state index contributed by atoms with van der Waals surface area (Å²) in [5.41, 5.74) is 0.518. The van der Waals surface area contributed by atoms with Gasteiger partial charge in [0.1, 0.15) is 18.0 Å². The second-order valence-corrected chi connectivity index (χ2v) is 8.14. The molecule has 0 atom stereocenters. The molecular formula is C11H16N4O8S2. The van der Waals surface area contributed by atoms with E-state index < -0.39 is 33.2 Å². The highest BCUT2D eigenvalue weighted by Gasteiger charge is 2.35. The van der Waals surface area contributed by atoms with E-state index in [0.29, 0.717) is 5.56 Å². The number of hydrogen-bond donors (Lipinski definition) is 7. The van der Waals surface area contributed by atoms with E-state index in [2.05, 4.69) is 0 Å². The Morgan fingerprint density at radius 2 is 2.04 bits per heavy atom. The van der Waals surface area contributed by atoms with Crippen molar-refractivity contribution in [1.29, 1.82) is 0 Å². The molecule has 1 aromatic carbocycles. The van der Waals surface area contributed by atoms with Crippen molar-refractivity contribution in [3.8, 4) is 5.75 Å². The maximum absolute atomic E-state index is 11.3. The zero-order valence-corrected chi connectivity index (χ0v) is 14.2. The lowest BCUT2D eigenvalue weighted by molar-refractivity contribution is -0.117. The monoisotopic (exact) mass is 396 g/mol.